The Morgan fingerprint density at radius 3 is 2.93 bits per heavy atom. The molecular formula is C10H11ClFNO. The molecule has 1 N–H and O–H groups in total. The maximum absolute atomic E-state index is 13.0. The van der Waals surface area contributed by atoms with Crippen molar-refractivity contribution in [3.8, 4) is 0 Å². The highest BCUT2D eigenvalue weighted by atomic mass is 35.5. The molecule has 1 aliphatic heterocycles. The Labute approximate surface area is 87.0 Å². The summed E-state index contributed by atoms with van der Waals surface area (Å²) >= 11 is 5.79. The quantitative estimate of drug-likeness (QED) is 0.833. The first-order chi connectivity index (χ1) is 6.77. The normalized spacial score (nSPS) is 16.7. The number of hydrogen-bond acceptors (Lipinski definition) is 2. The number of ether oxygens (including phenoxy) is 1. The van der Waals surface area contributed by atoms with Gasteiger partial charge in [-0.15, -0.1) is 0 Å². The lowest BCUT2D eigenvalue weighted by molar-refractivity contribution is -0.00578. The molecule has 1 aromatic rings. The van der Waals surface area contributed by atoms with Crippen molar-refractivity contribution in [2.75, 3.05) is 13.2 Å². The molecule has 1 saturated heterocycles. The molecule has 0 amide bonds. The molecule has 0 spiro atoms. The summed E-state index contributed by atoms with van der Waals surface area (Å²) in [6.45, 7) is 2.05. The van der Waals surface area contributed by atoms with E-state index in [0.29, 0.717) is 12.6 Å². The third kappa shape index (κ3) is 2.05. The summed E-state index contributed by atoms with van der Waals surface area (Å²) < 4.78 is 18.0. The molecule has 76 valence electrons. The smallest absolute Gasteiger partial charge is 0.142 e. The fourth-order valence-corrected chi connectivity index (χ4v) is 1.49. The van der Waals surface area contributed by atoms with Crippen LogP contribution in [-0.4, -0.2) is 19.3 Å². The Balaban J connectivity index is 1.97. The van der Waals surface area contributed by atoms with E-state index in [2.05, 4.69) is 5.32 Å². The first kappa shape index (κ1) is 9.90. The van der Waals surface area contributed by atoms with Crippen molar-refractivity contribution in [3.63, 3.8) is 0 Å². The van der Waals surface area contributed by atoms with Crippen LogP contribution in [0.25, 0.3) is 0 Å². The minimum Gasteiger partial charge on any atom is -0.378 e. The second-order valence-electron chi connectivity index (χ2n) is 3.33. The van der Waals surface area contributed by atoms with Crippen LogP contribution in [0.1, 0.15) is 5.56 Å². The van der Waals surface area contributed by atoms with Crippen LogP contribution in [0.5, 0.6) is 0 Å². The zero-order valence-corrected chi connectivity index (χ0v) is 8.35. The van der Waals surface area contributed by atoms with E-state index >= 15 is 0 Å². The van der Waals surface area contributed by atoms with Gasteiger partial charge in [-0.05, 0) is 11.6 Å². The van der Waals surface area contributed by atoms with Gasteiger partial charge in [-0.1, -0.05) is 23.7 Å². The van der Waals surface area contributed by atoms with E-state index in [1.165, 1.54) is 6.07 Å². The second-order valence-corrected chi connectivity index (χ2v) is 3.71. The van der Waals surface area contributed by atoms with E-state index in [0.717, 1.165) is 18.8 Å². The maximum Gasteiger partial charge on any atom is 0.142 e. The molecule has 1 aliphatic rings. The second kappa shape index (κ2) is 4.26. The molecule has 2 nitrogen and oxygen atoms in total. The van der Waals surface area contributed by atoms with Gasteiger partial charge in [-0.2, -0.15) is 0 Å². The van der Waals surface area contributed by atoms with Crippen LogP contribution in [0.15, 0.2) is 18.2 Å². The van der Waals surface area contributed by atoms with Crippen molar-refractivity contribution in [1.82, 2.24) is 5.32 Å². The van der Waals surface area contributed by atoms with Crippen molar-refractivity contribution in [3.05, 3.63) is 34.6 Å². The molecule has 0 aromatic heterocycles. The minimum atomic E-state index is -0.365. The summed E-state index contributed by atoms with van der Waals surface area (Å²) in [5.74, 6) is -0.365. The van der Waals surface area contributed by atoms with Gasteiger partial charge >= 0.3 is 0 Å². The summed E-state index contributed by atoms with van der Waals surface area (Å²) in [4.78, 5) is 0. The van der Waals surface area contributed by atoms with E-state index in [4.69, 9.17) is 16.3 Å². The topological polar surface area (TPSA) is 21.3 Å². The summed E-state index contributed by atoms with van der Waals surface area (Å²) in [6, 6.07) is 5.22. The van der Waals surface area contributed by atoms with Gasteiger partial charge in [0.1, 0.15) is 5.82 Å². The highest BCUT2D eigenvalue weighted by molar-refractivity contribution is 6.31. The lowest BCUT2D eigenvalue weighted by atomic mass is 10.2. The van der Waals surface area contributed by atoms with Gasteiger partial charge in [-0.3, -0.25) is 0 Å². The van der Waals surface area contributed by atoms with Crippen LogP contribution < -0.4 is 5.32 Å². The molecule has 1 heterocycles. The zero-order chi connectivity index (χ0) is 9.97. The number of benzene rings is 1. The highest BCUT2D eigenvalue weighted by Crippen LogP contribution is 2.19. The SMILES string of the molecule is Fc1cccc(CNC2COC2)c1Cl. The molecule has 0 aliphatic carbocycles. The molecule has 0 bridgehead atoms. The van der Waals surface area contributed by atoms with Gasteiger partial charge in [0.2, 0.25) is 0 Å². The first-order valence-electron chi connectivity index (χ1n) is 4.51. The third-order valence-electron chi connectivity index (χ3n) is 2.25. The van der Waals surface area contributed by atoms with Gasteiger partial charge in [0.15, 0.2) is 0 Å². The van der Waals surface area contributed by atoms with Crippen LogP contribution in [0, 0.1) is 5.82 Å². The first-order valence-corrected chi connectivity index (χ1v) is 4.89. The number of hydrogen-bond donors (Lipinski definition) is 1. The fourth-order valence-electron chi connectivity index (χ4n) is 1.29. The Kier molecular flexibility index (Phi) is 3.01. The van der Waals surface area contributed by atoms with Crippen molar-refractivity contribution >= 4 is 11.6 Å². The summed E-state index contributed by atoms with van der Waals surface area (Å²) in [6.07, 6.45) is 0. The molecule has 1 fully saturated rings. The van der Waals surface area contributed by atoms with E-state index in [1.807, 2.05) is 6.07 Å². The molecule has 0 atom stereocenters. The van der Waals surface area contributed by atoms with Gasteiger partial charge in [0.25, 0.3) is 0 Å². The van der Waals surface area contributed by atoms with Crippen LogP contribution in [-0.2, 0) is 11.3 Å². The van der Waals surface area contributed by atoms with Crippen LogP contribution in [0.2, 0.25) is 5.02 Å². The molecule has 1 aromatic carbocycles. The molecule has 0 radical (unpaired) electrons. The van der Waals surface area contributed by atoms with Crippen LogP contribution in [0.4, 0.5) is 4.39 Å². The predicted octanol–water partition coefficient (Wildman–Crippen LogP) is 1.97. The molecule has 2 rings (SSSR count). The largest absolute Gasteiger partial charge is 0.378 e. The standard InChI is InChI=1S/C10H11ClFNO/c11-10-7(2-1-3-9(10)12)4-13-8-5-14-6-8/h1-3,8,13H,4-6H2. The summed E-state index contributed by atoms with van der Waals surface area (Å²) in [7, 11) is 0. The summed E-state index contributed by atoms with van der Waals surface area (Å²) in [5, 5.41) is 3.44. The Hall–Kier alpha value is -0.640. The Morgan fingerprint density at radius 2 is 2.29 bits per heavy atom. The predicted molar refractivity (Wildman–Crippen MR) is 52.9 cm³/mol. The van der Waals surface area contributed by atoms with Crippen molar-refractivity contribution < 1.29 is 9.13 Å². The van der Waals surface area contributed by atoms with Gasteiger partial charge in [-0.25, -0.2) is 4.39 Å². The van der Waals surface area contributed by atoms with E-state index in [9.17, 15) is 4.39 Å². The molecule has 0 saturated carbocycles. The van der Waals surface area contributed by atoms with Crippen molar-refractivity contribution in [2.45, 2.75) is 12.6 Å². The van der Waals surface area contributed by atoms with Gasteiger partial charge < -0.3 is 10.1 Å². The van der Waals surface area contributed by atoms with Gasteiger partial charge in [0, 0.05) is 6.54 Å². The van der Waals surface area contributed by atoms with E-state index < -0.39 is 0 Å². The molecule has 14 heavy (non-hydrogen) atoms. The lowest BCUT2D eigenvalue weighted by Gasteiger charge is -2.27. The van der Waals surface area contributed by atoms with E-state index in [-0.39, 0.29) is 10.8 Å². The van der Waals surface area contributed by atoms with Crippen LogP contribution >= 0.6 is 11.6 Å². The lowest BCUT2D eigenvalue weighted by Crippen LogP contribution is -2.45. The average molecular weight is 216 g/mol. The highest BCUT2D eigenvalue weighted by Gasteiger charge is 2.17. The van der Waals surface area contributed by atoms with Crippen molar-refractivity contribution in [2.24, 2.45) is 0 Å². The fraction of sp³-hybridized carbons (Fsp3) is 0.400. The zero-order valence-electron chi connectivity index (χ0n) is 7.59. The monoisotopic (exact) mass is 215 g/mol. The molecular weight excluding hydrogens is 205 g/mol. The Morgan fingerprint density at radius 1 is 1.50 bits per heavy atom. The molecule has 0 unspecified atom stereocenters. The average Bonchev–Trinajstić information content (AvgIpc) is 2.09. The number of nitrogens with one attached hydrogen (secondary N) is 1. The third-order valence-corrected chi connectivity index (χ3v) is 2.67. The minimum absolute atomic E-state index is 0.209. The number of rotatable bonds is 3. The van der Waals surface area contributed by atoms with Gasteiger partial charge in [0.05, 0.1) is 24.3 Å². The van der Waals surface area contributed by atoms with Crippen molar-refractivity contribution in [1.29, 1.82) is 0 Å². The van der Waals surface area contributed by atoms with Crippen LogP contribution in [0.3, 0.4) is 0 Å². The maximum atomic E-state index is 13.0. The number of halogens is 2. The Bertz CT molecular complexity index is 328. The van der Waals surface area contributed by atoms with E-state index in [1.54, 1.807) is 6.07 Å². The molecule has 4 heteroatoms. The summed E-state index contributed by atoms with van der Waals surface area (Å²) in [5.41, 5.74) is 0.790.